The van der Waals surface area contributed by atoms with Crippen LogP contribution in [0.4, 0.5) is 10.1 Å². The Morgan fingerprint density at radius 2 is 1.60 bits per heavy atom. The highest BCUT2D eigenvalue weighted by atomic mass is 19.1. The second-order valence-corrected chi connectivity index (χ2v) is 8.21. The normalized spacial score (nSPS) is 20.9. The van der Waals surface area contributed by atoms with Crippen molar-refractivity contribution in [3.05, 3.63) is 53.8 Å². The fourth-order valence-electron chi connectivity index (χ4n) is 4.64. The zero-order valence-corrected chi connectivity index (χ0v) is 18.0. The second kappa shape index (κ2) is 9.67. The first-order chi connectivity index (χ1) is 14.7. The summed E-state index contributed by atoms with van der Waals surface area (Å²) in [6.07, 6.45) is 2.39. The number of hydrogen-bond donors (Lipinski definition) is 0. The van der Waals surface area contributed by atoms with Crippen molar-refractivity contribution in [2.75, 3.05) is 58.4 Å². The molecule has 30 heavy (non-hydrogen) atoms. The van der Waals surface area contributed by atoms with Gasteiger partial charge in [0.1, 0.15) is 17.3 Å². The topological polar surface area (TPSA) is 28.2 Å². The van der Waals surface area contributed by atoms with E-state index in [0.29, 0.717) is 18.3 Å². The lowest BCUT2D eigenvalue weighted by Gasteiger charge is -2.44. The van der Waals surface area contributed by atoms with Gasteiger partial charge in [0.05, 0.1) is 14.2 Å². The van der Waals surface area contributed by atoms with E-state index >= 15 is 0 Å². The van der Waals surface area contributed by atoms with E-state index in [1.54, 1.807) is 14.2 Å². The Hall–Kier alpha value is -2.31. The monoisotopic (exact) mass is 413 g/mol. The van der Waals surface area contributed by atoms with Gasteiger partial charge in [-0.05, 0) is 49.7 Å². The Morgan fingerprint density at radius 1 is 0.900 bits per heavy atom. The first kappa shape index (κ1) is 20.9. The molecule has 0 amide bonds. The molecule has 6 heteroatoms. The van der Waals surface area contributed by atoms with Gasteiger partial charge in [0.15, 0.2) is 0 Å². The number of hydrogen-bond acceptors (Lipinski definition) is 5. The molecular weight excluding hydrogens is 381 g/mol. The van der Waals surface area contributed by atoms with Crippen LogP contribution in [0.25, 0.3) is 0 Å². The number of ether oxygens (including phenoxy) is 2. The van der Waals surface area contributed by atoms with Crippen LogP contribution in [0.2, 0.25) is 0 Å². The highest BCUT2D eigenvalue weighted by Gasteiger charge is 2.28. The van der Waals surface area contributed by atoms with Crippen molar-refractivity contribution < 1.29 is 13.9 Å². The van der Waals surface area contributed by atoms with Crippen LogP contribution in [0, 0.1) is 5.82 Å². The van der Waals surface area contributed by atoms with Gasteiger partial charge >= 0.3 is 0 Å². The molecule has 0 radical (unpaired) electrons. The van der Waals surface area contributed by atoms with Crippen molar-refractivity contribution >= 4 is 5.69 Å². The number of piperazine rings is 1. The van der Waals surface area contributed by atoms with Gasteiger partial charge in [0.25, 0.3) is 0 Å². The predicted molar refractivity (Wildman–Crippen MR) is 118 cm³/mol. The van der Waals surface area contributed by atoms with Gasteiger partial charge in [-0.3, -0.25) is 9.80 Å². The van der Waals surface area contributed by atoms with E-state index in [1.807, 2.05) is 24.3 Å². The average molecular weight is 414 g/mol. The summed E-state index contributed by atoms with van der Waals surface area (Å²) in [6, 6.07) is 14.1. The molecule has 0 unspecified atom stereocenters. The summed E-state index contributed by atoms with van der Waals surface area (Å²) >= 11 is 0. The van der Waals surface area contributed by atoms with Crippen LogP contribution in [0.15, 0.2) is 42.5 Å². The summed E-state index contributed by atoms with van der Waals surface area (Å²) in [7, 11) is 3.27. The van der Waals surface area contributed by atoms with Crippen molar-refractivity contribution in [1.82, 2.24) is 9.80 Å². The zero-order chi connectivity index (χ0) is 20.9. The van der Waals surface area contributed by atoms with Gasteiger partial charge < -0.3 is 14.4 Å². The highest BCUT2D eigenvalue weighted by molar-refractivity contribution is 5.49. The number of piperidine rings is 1. The second-order valence-electron chi connectivity index (χ2n) is 8.21. The molecule has 2 aromatic carbocycles. The molecule has 2 aromatic rings. The standard InChI is InChI=1S/C24H32FN3O2/c1-29-22-9-6-20(7-10-22)27-12-14-28(15-13-27)21-4-3-11-26(18-21)17-19-5-8-23(30-2)16-24(19)25/h5-10,16,21H,3-4,11-15,17-18H2,1-2H3/t21-/m1/s1. The van der Waals surface area contributed by atoms with E-state index in [2.05, 4.69) is 26.8 Å². The molecule has 0 spiro atoms. The van der Waals surface area contributed by atoms with Crippen LogP contribution in [0.5, 0.6) is 11.5 Å². The summed E-state index contributed by atoms with van der Waals surface area (Å²) < 4.78 is 24.7. The number of nitrogens with zero attached hydrogens (tertiary/aromatic N) is 3. The molecule has 2 fully saturated rings. The third-order valence-electron chi connectivity index (χ3n) is 6.40. The maximum absolute atomic E-state index is 14.4. The smallest absolute Gasteiger partial charge is 0.131 e. The molecule has 4 rings (SSSR count). The molecular formula is C24H32FN3O2. The zero-order valence-electron chi connectivity index (χ0n) is 18.0. The minimum absolute atomic E-state index is 0.176. The number of halogens is 1. The SMILES string of the molecule is COc1ccc(N2CCN([C@@H]3CCCN(Cc4ccc(OC)cc4F)C3)CC2)cc1. The van der Waals surface area contributed by atoms with Gasteiger partial charge in [-0.1, -0.05) is 6.07 Å². The van der Waals surface area contributed by atoms with Crippen molar-refractivity contribution in [3.63, 3.8) is 0 Å². The van der Waals surface area contributed by atoms with E-state index in [9.17, 15) is 4.39 Å². The number of benzene rings is 2. The molecule has 2 aliphatic rings. The average Bonchev–Trinajstić information content (AvgIpc) is 2.81. The van der Waals surface area contributed by atoms with E-state index < -0.39 is 0 Å². The molecule has 2 saturated heterocycles. The minimum Gasteiger partial charge on any atom is -0.497 e. The van der Waals surface area contributed by atoms with Gasteiger partial charge in [-0.2, -0.15) is 0 Å². The fourth-order valence-corrected chi connectivity index (χ4v) is 4.64. The molecule has 0 aromatic heterocycles. The van der Waals surface area contributed by atoms with Crippen molar-refractivity contribution in [3.8, 4) is 11.5 Å². The van der Waals surface area contributed by atoms with E-state index in [0.717, 1.165) is 50.6 Å². The predicted octanol–water partition coefficient (Wildman–Crippen LogP) is 3.63. The Bertz CT molecular complexity index is 822. The number of methoxy groups -OCH3 is 2. The summed E-state index contributed by atoms with van der Waals surface area (Å²) in [4.78, 5) is 7.47. The molecule has 5 nitrogen and oxygen atoms in total. The Balaban J connectivity index is 1.30. The molecule has 0 bridgehead atoms. The van der Waals surface area contributed by atoms with Crippen molar-refractivity contribution in [1.29, 1.82) is 0 Å². The Morgan fingerprint density at radius 3 is 2.27 bits per heavy atom. The lowest BCUT2D eigenvalue weighted by Crippen LogP contribution is -2.55. The lowest BCUT2D eigenvalue weighted by molar-refractivity contribution is 0.0881. The quantitative estimate of drug-likeness (QED) is 0.721. The minimum atomic E-state index is -0.176. The molecule has 1 atom stereocenters. The van der Waals surface area contributed by atoms with Gasteiger partial charge in [-0.25, -0.2) is 4.39 Å². The number of rotatable bonds is 6. The molecule has 0 N–H and O–H groups in total. The first-order valence-electron chi connectivity index (χ1n) is 10.8. The van der Waals surface area contributed by atoms with Crippen LogP contribution >= 0.6 is 0 Å². The third-order valence-corrected chi connectivity index (χ3v) is 6.40. The van der Waals surface area contributed by atoms with Crippen LogP contribution in [-0.2, 0) is 6.54 Å². The molecule has 0 saturated carbocycles. The van der Waals surface area contributed by atoms with Crippen LogP contribution in [0.1, 0.15) is 18.4 Å². The van der Waals surface area contributed by atoms with Crippen LogP contribution in [0.3, 0.4) is 0 Å². The van der Waals surface area contributed by atoms with E-state index in [4.69, 9.17) is 9.47 Å². The van der Waals surface area contributed by atoms with Crippen LogP contribution < -0.4 is 14.4 Å². The van der Waals surface area contributed by atoms with E-state index in [-0.39, 0.29) is 5.82 Å². The fraction of sp³-hybridized carbons (Fsp3) is 0.500. The Labute approximate surface area is 179 Å². The number of anilines is 1. The van der Waals surface area contributed by atoms with Gasteiger partial charge in [-0.15, -0.1) is 0 Å². The van der Waals surface area contributed by atoms with Crippen molar-refractivity contribution in [2.24, 2.45) is 0 Å². The maximum Gasteiger partial charge on any atom is 0.131 e. The lowest BCUT2D eigenvalue weighted by atomic mass is 10.0. The molecule has 162 valence electrons. The first-order valence-corrected chi connectivity index (χ1v) is 10.8. The Kier molecular flexibility index (Phi) is 6.75. The largest absolute Gasteiger partial charge is 0.497 e. The van der Waals surface area contributed by atoms with Crippen LogP contribution in [-0.4, -0.2) is 69.3 Å². The summed E-state index contributed by atoms with van der Waals surface area (Å²) in [5.41, 5.74) is 2.01. The van der Waals surface area contributed by atoms with E-state index in [1.165, 1.54) is 24.6 Å². The molecule has 0 aliphatic carbocycles. The molecule has 2 heterocycles. The van der Waals surface area contributed by atoms with Gasteiger partial charge in [0.2, 0.25) is 0 Å². The van der Waals surface area contributed by atoms with Crippen molar-refractivity contribution in [2.45, 2.75) is 25.4 Å². The summed E-state index contributed by atoms with van der Waals surface area (Å²) in [6.45, 7) is 6.93. The highest BCUT2D eigenvalue weighted by Crippen LogP contribution is 2.24. The van der Waals surface area contributed by atoms with Gasteiger partial charge in [0, 0.05) is 62.6 Å². The summed E-state index contributed by atoms with van der Waals surface area (Å²) in [5.74, 6) is 1.29. The summed E-state index contributed by atoms with van der Waals surface area (Å²) in [5, 5.41) is 0. The number of likely N-dealkylation sites (tertiary alicyclic amines) is 1. The third kappa shape index (κ3) is 4.87. The molecule has 2 aliphatic heterocycles. The maximum atomic E-state index is 14.4.